The minimum absolute atomic E-state index is 0.145. The molecule has 25 heavy (non-hydrogen) atoms. The van der Waals surface area contributed by atoms with E-state index in [-0.39, 0.29) is 5.56 Å². The molecule has 0 unspecified atom stereocenters. The normalized spacial score (nSPS) is 11.7. The molecule has 0 saturated carbocycles. The molecule has 0 aliphatic rings. The minimum atomic E-state index is -1.03. The van der Waals surface area contributed by atoms with Gasteiger partial charge < -0.3 is 14.9 Å². The molecular weight excluding hydrogens is 342 g/mol. The Kier molecular flexibility index (Phi) is 4.22. The van der Waals surface area contributed by atoms with E-state index in [1.54, 1.807) is 33.1 Å². The van der Waals surface area contributed by atoms with Gasteiger partial charge in [0.2, 0.25) is 0 Å². The zero-order valence-electron chi connectivity index (χ0n) is 14.1. The molecule has 0 atom stereocenters. The van der Waals surface area contributed by atoms with Crippen molar-refractivity contribution in [1.82, 2.24) is 4.09 Å². The van der Waals surface area contributed by atoms with Crippen LogP contribution in [0.25, 0.3) is 22.0 Å². The first kappa shape index (κ1) is 17.3. The molecule has 0 spiro atoms. The van der Waals surface area contributed by atoms with Crippen molar-refractivity contribution in [3.05, 3.63) is 53.7 Å². The van der Waals surface area contributed by atoms with E-state index < -0.39 is 11.6 Å². The Labute approximate surface area is 150 Å². The van der Waals surface area contributed by atoms with Gasteiger partial charge in [-0.2, -0.15) is 0 Å². The number of carboxylic acids is 1. The molecule has 0 aliphatic heterocycles. The summed E-state index contributed by atoms with van der Waals surface area (Å²) in [6.07, 6.45) is 1.39. The second-order valence-electron chi connectivity index (χ2n) is 6.37. The molecule has 0 saturated heterocycles. The fourth-order valence-corrected chi connectivity index (χ4v) is 3.16. The van der Waals surface area contributed by atoms with Gasteiger partial charge in [-0.05, 0) is 43.2 Å². The van der Waals surface area contributed by atoms with Crippen LogP contribution in [0.3, 0.4) is 0 Å². The lowest BCUT2D eigenvalue weighted by molar-refractivity contribution is 0.0698. The SMILES string of the molecule is COc1cc(-c2ccc3c(c2)c(C(=O)O)cn3Cl)ccc1C(C)(C)O. The molecule has 0 amide bonds. The summed E-state index contributed by atoms with van der Waals surface area (Å²) in [5.41, 5.74) is 2.11. The number of methoxy groups -OCH3 is 1. The number of rotatable bonds is 4. The number of carbonyl (C=O) groups is 1. The van der Waals surface area contributed by atoms with Crippen molar-refractivity contribution in [2.75, 3.05) is 7.11 Å². The highest BCUT2D eigenvalue weighted by atomic mass is 35.5. The fourth-order valence-electron chi connectivity index (χ4n) is 2.92. The maximum absolute atomic E-state index is 11.4. The van der Waals surface area contributed by atoms with Gasteiger partial charge >= 0.3 is 5.97 Å². The van der Waals surface area contributed by atoms with Gasteiger partial charge in [-0.1, -0.05) is 18.2 Å². The van der Waals surface area contributed by atoms with Crippen LogP contribution in [0, 0.1) is 0 Å². The Bertz CT molecular complexity index is 969. The third-order valence-corrected chi connectivity index (χ3v) is 4.46. The second-order valence-corrected chi connectivity index (χ2v) is 6.73. The van der Waals surface area contributed by atoms with Crippen molar-refractivity contribution in [2.24, 2.45) is 0 Å². The first-order valence-electron chi connectivity index (χ1n) is 7.68. The number of nitrogens with zero attached hydrogens (tertiary/aromatic N) is 1. The van der Waals surface area contributed by atoms with E-state index in [1.165, 1.54) is 10.3 Å². The monoisotopic (exact) mass is 359 g/mol. The molecule has 1 heterocycles. The van der Waals surface area contributed by atoms with Crippen LogP contribution in [0.2, 0.25) is 0 Å². The van der Waals surface area contributed by atoms with E-state index in [9.17, 15) is 15.0 Å². The van der Waals surface area contributed by atoms with Crippen molar-refractivity contribution in [3.8, 4) is 16.9 Å². The van der Waals surface area contributed by atoms with Crippen molar-refractivity contribution in [1.29, 1.82) is 0 Å². The van der Waals surface area contributed by atoms with Crippen LogP contribution in [-0.4, -0.2) is 27.4 Å². The molecular formula is C19H18ClNO4. The maximum atomic E-state index is 11.4. The van der Waals surface area contributed by atoms with Crippen LogP contribution in [0.15, 0.2) is 42.6 Å². The highest BCUT2D eigenvalue weighted by molar-refractivity contribution is 6.21. The van der Waals surface area contributed by atoms with Gasteiger partial charge in [-0.3, -0.25) is 4.09 Å². The lowest BCUT2D eigenvalue weighted by Crippen LogP contribution is -2.16. The maximum Gasteiger partial charge on any atom is 0.337 e. The predicted molar refractivity (Wildman–Crippen MR) is 97.4 cm³/mol. The lowest BCUT2D eigenvalue weighted by atomic mass is 9.94. The van der Waals surface area contributed by atoms with Crippen molar-refractivity contribution in [2.45, 2.75) is 19.4 Å². The van der Waals surface area contributed by atoms with Crippen LogP contribution in [-0.2, 0) is 5.60 Å². The van der Waals surface area contributed by atoms with E-state index in [0.717, 1.165) is 11.1 Å². The van der Waals surface area contributed by atoms with Gasteiger partial charge in [0, 0.05) is 28.9 Å². The van der Waals surface area contributed by atoms with E-state index in [0.29, 0.717) is 22.2 Å². The molecule has 130 valence electrons. The van der Waals surface area contributed by atoms with Crippen LogP contribution in [0.5, 0.6) is 5.75 Å². The van der Waals surface area contributed by atoms with Gasteiger partial charge in [0.25, 0.3) is 0 Å². The number of ether oxygens (including phenoxy) is 1. The highest BCUT2D eigenvalue weighted by Gasteiger charge is 2.21. The highest BCUT2D eigenvalue weighted by Crippen LogP contribution is 2.35. The number of aliphatic hydroxyl groups is 1. The van der Waals surface area contributed by atoms with Crippen molar-refractivity contribution < 1.29 is 19.7 Å². The summed E-state index contributed by atoms with van der Waals surface area (Å²) in [4.78, 5) is 11.4. The van der Waals surface area contributed by atoms with Crippen molar-refractivity contribution in [3.63, 3.8) is 0 Å². The first-order valence-corrected chi connectivity index (χ1v) is 8.02. The molecule has 2 aromatic carbocycles. The molecule has 0 bridgehead atoms. The summed E-state index contributed by atoms with van der Waals surface area (Å²) < 4.78 is 6.69. The number of hydrogen-bond donors (Lipinski definition) is 2. The number of aromatic nitrogens is 1. The van der Waals surface area contributed by atoms with E-state index in [4.69, 9.17) is 16.5 Å². The number of carboxylic acid groups (broad SMARTS) is 1. The average Bonchev–Trinajstić information content (AvgIpc) is 2.90. The number of fused-ring (bicyclic) bond motifs is 1. The van der Waals surface area contributed by atoms with Crippen LogP contribution >= 0.6 is 11.8 Å². The lowest BCUT2D eigenvalue weighted by Gasteiger charge is -2.21. The summed E-state index contributed by atoms with van der Waals surface area (Å²) >= 11 is 6.04. The van der Waals surface area contributed by atoms with Crippen LogP contribution in [0.4, 0.5) is 0 Å². The smallest absolute Gasteiger partial charge is 0.337 e. The number of aromatic carboxylic acids is 1. The zero-order chi connectivity index (χ0) is 18.4. The molecule has 2 N–H and O–H groups in total. The van der Waals surface area contributed by atoms with Crippen LogP contribution in [0.1, 0.15) is 29.8 Å². The van der Waals surface area contributed by atoms with E-state index in [2.05, 4.69) is 0 Å². The summed E-state index contributed by atoms with van der Waals surface area (Å²) in [6.45, 7) is 3.39. The Morgan fingerprint density at radius 3 is 2.40 bits per heavy atom. The number of benzene rings is 2. The minimum Gasteiger partial charge on any atom is -0.496 e. The Morgan fingerprint density at radius 1 is 1.16 bits per heavy atom. The summed E-state index contributed by atoms with van der Waals surface area (Å²) in [6, 6.07) is 10.9. The molecule has 3 aromatic rings. The average molecular weight is 360 g/mol. The second kappa shape index (κ2) is 6.10. The topological polar surface area (TPSA) is 71.7 Å². The predicted octanol–water partition coefficient (Wildman–Crippen LogP) is 4.24. The molecule has 5 nitrogen and oxygen atoms in total. The van der Waals surface area contributed by atoms with Gasteiger partial charge in [-0.25, -0.2) is 4.79 Å². The Morgan fingerprint density at radius 2 is 1.80 bits per heavy atom. The Hall–Kier alpha value is -2.50. The largest absolute Gasteiger partial charge is 0.496 e. The standard InChI is InChI=1S/C19H18ClNO4/c1-19(2,24)15-6-4-12(9-17(15)25-3)11-5-7-16-13(8-11)14(18(22)23)10-21(16)20/h4-10,24H,1-3H3,(H,22,23). The van der Waals surface area contributed by atoms with Gasteiger partial charge in [0.1, 0.15) is 5.75 Å². The van der Waals surface area contributed by atoms with Gasteiger partial charge in [-0.15, -0.1) is 0 Å². The van der Waals surface area contributed by atoms with Crippen molar-refractivity contribution >= 4 is 28.6 Å². The van der Waals surface area contributed by atoms with E-state index in [1.807, 2.05) is 24.3 Å². The third kappa shape index (κ3) is 3.08. The summed E-state index contributed by atoms with van der Waals surface area (Å²) in [7, 11) is 1.55. The number of hydrogen-bond acceptors (Lipinski definition) is 3. The third-order valence-electron chi connectivity index (χ3n) is 4.18. The van der Waals surface area contributed by atoms with E-state index >= 15 is 0 Å². The molecule has 0 radical (unpaired) electrons. The fraction of sp³-hybridized carbons (Fsp3) is 0.211. The first-order chi connectivity index (χ1) is 11.7. The summed E-state index contributed by atoms with van der Waals surface area (Å²) in [5.74, 6) is -0.463. The van der Waals surface area contributed by atoms with Crippen LogP contribution < -0.4 is 4.74 Å². The molecule has 0 aliphatic carbocycles. The molecule has 3 rings (SSSR count). The molecule has 1 aromatic heterocycles. The molecule has 0 fully saturated rings. The summed E-state index contributed by atoms with van der Waals surface area (Å²) in [5, 5.41) is 20.1. The van der Waals surface area contributed by atoms with Gasteiger partial charge in [0.15, 0.2) is 0 Å². The molecule has 6 heteroatoms. The zero-order valence-corrected chi connectivity index (χ0v) is 14.8. The Balaban J connectivity index is 2.16. The number of halogens is 1. The quantitative estimate of drug-likeness (QED) is 0.730. The van der Waals surface area contributed by atoms with Gasteiger partial charge in [0.05, 0.1) is 23.8 Å².